The average Bonchev–Trinajstić information content (AvgIpc) is 3.33. The first-order valence-corrected chi connectivity index (χ1v) is 10.2. The number of ketones is 1. The minimum Gasteiger partial charge on any atom is -0.503 e. The van der Waals surface area contributed by atoms with E-state index in [1.165, 1.54) is 16.2 Å². The molecule has 3 aromatic rings. The molecular weight excluding hydrogens is 440 g/mol. The van der Waals surface area contributed by atoms with Gasteiger partial charge in [0.15, 0.2) is 5.76 Å². The van der Waals surface area contributed by atoms with E-state index in [0.29, 0.717) is 4.88 Å². The lowest BCUT2D eigenvalue weighted by Gasteiger charge is -2.26. The van der Waals surface area contributed by atoms with Crippen molar-refractivity contribution in [3.63, 3.8) is 0 Å². The van der Waals surface area contributed by atoms with Crippen molar-refractivity contribution < 1.29 is 14.7 Å². The molecule has 0 saturated carbocycles. The number of amides is 1. The first kappa shape index (κ1) is 18.6. The summed E-state index contributed by atoms with van der Waals surface area (Å²) in [5.74, 6) is -1.38. The highest BCUT2D eigenvalue weighted by Gasteiger charge is 2.43. The standard InChI is InChI=1S/C21H15BrN2O3S/c22-15-7-5-14(6-8-15)18-17(19(25)16-4-2-10-28-16)20(26)21(27)24(18)12-13-3-1-9-23-11-13/h1-11,18,26H,12H2. The van der Waals surface area contributed by atoms with Crippen molar-refractivity contribution in [3.05, 3.63) is 98.1 Å². The maximum absolute atomic E-state index is 13.1. The van der Waals surface area contributed by atoms with Gasteiger partial charge in [0.25, 0.3) is 5.91 Å². The van der Waals surface area contributed by atoms with E-state index in [9.17, 15) is 14.7 Å². The maximum atomic E-state index is 13.1. The van der Waals surface area contributed by atoms with Gasteiger partial charge in [-0.05, 0) is 40.8 Å². The predicted molar refractivity (Wildman–Crippen MR) is 110 cm³/mol. The first-order valence-electron chi connectivity index (χ1n) is 8.53. The summed E-state index contributed by atoms with van der Waals surface area (Å²) in [4.78, 5) is 32.1. The molecule has 0 bridgehead atoms. The summed E-state index contributed by atoms with van der Waals surface area (Å²) in [7, 11) is 0. The predicted octanol–water partition coefficient (Wildman–Crippen LogP) is 4.68. The molecule has 0 fully saturated rings. The van der Waals surface area contributed by atoms with Gasteiger partial charge < -0.3 is 10.0 Å². The molecule has 0 radical (unpaired) electrons. The fourth-order valence-corrected chi connectivity index (χ4v) is 4.21. The Balaban J connectivity index is 1.79. The largest absolute Gasteiger partial charge is 0.503 e. The Morgan fingerprint density at radius 1 is 1.18 bits per heavy atom. The Hall–Kier alpha value is -2.77. The van der Waals surface area contributed by atoms with E-state index in [1.807, 2.05) is 30.3 Å². The van der Waals surface area contributed by atoms with E-state index in [1.54, 1.807) is 36.0 Å². The number of aromatic nitrogens is 1. The van der Waals surface area contributed by atoms with Crippen molar-refractivity contribution in [1.29, 1.82) is 0 Å². The van der Waals surface area contributed by atoms with Gasteiger partial charge in [-0.15, -0.1) is 11.3 Å². The van der Waals surface area contributed by atoms with Crippen molar-refractivity contribution in [2.45, 2.75) is 12.6 Å². The molecule has 1 N–H and O–H groups in total. The van der Waals surface area contributed by atoms with E-state index in [4.69, 9.17) is 0 Å². The molecule has 1 amide bonds. The molecule has 140 valence electrons. The molecule has 3 heterocycles. The van der Waals surface area contributed by atoms with Crippen molar-refractivity contribution >= 4 is 39.0 Å². The number of thiophene rings is 1. The summed E-state index contributed by atoms with van der Waals surface area (Å²) in [5.41, 5.74) is 1.68. The monoisotopic (exact) mass is 454 g/mol. The van der Waals surface area contributed by atoms with Crippen molar-refractivity contribution in [2.24, 2.45) is 0 Å². The highest BCUT2D eigenvalue weighted by atomic mass is 79.9. The zero-order valence-electron chi connectivity index (χ0n) is 14.6. The van der Waals surface area contributed by atoms with Gasteiger partial charge in [-0.1, -0.05) is 40.2 Å². The zero-order chi connectivity index (χ0) is 19.7. The molecule has 1 atom stereocenters. The lowest BCUT2D eigenvalue weighted by Crippen LogP contribution is -2.30. The van der Waals surface area contributed by atoms with Crippen molar-refractivity contribution in [1.82, 2.24) is 9.88 Å². The first-order chi connectivity index (χ1) is 13.6. The topological polar surface area (TPSA) is 70.5 Å². The maximum Gasteiger partial charge on any atom is 0.290 e. The molecule has 0 aliphatic carbocycles. The minimum absolute atomic E-state index is 0.110. The van der Waals surface area contributed by atoms with Crippen LogP contribution >= 0.6 is 27.3 Å². The third-order valence-electron chi connectivity index (χ3n) is 4.55. The Bertz CT molecular complexity index is 1050. The Kier molecular flexibility index (Phi) is 5.11. The van der Waals surface area contributed by atoms with Crippen LogP contribution in [0, 0.1) is 0 Å². The molecule has 1 unspecified atom stereocenters. The molecule has 5 nitrogen and oxygen atoms in total. The van der Waals surface area contributed by atoms with E-state index < -0.39 is 17.7 Å². The van der Waals surface area contributed by atoms with Crippen LogP contribution < -0.4 is 0 Å². The van der Waals surface area contributed by atoms with Crippen molar-refractivity contribution in [2.75, 3.05) is 0 Å². The number of aliphatic hydroxyl groups is 1. The summed E-state index contributed by atoms with van der Waals surface area (Å²) in [6.45, 7) is 0.235. The van der Waals surface area contributed by atoms with Crippen LogP contribution in [0.2, 0.25) is 0 Å². The van der Waals surface area contributed by atoms with E-state index >= 15 is 0 Å². The normalized spacial score (nSPS) is 16.7. The number of aliphatic hydroxyl groups excluding tert-OH is 1. The van der Waals surface area contributed by atoms with Crippen LogP contribution in [0.3, 0.4) is 0 Å². The van der Waals surface area contributed by atoms with Crippen LogP contribution in [0.1, 0.15) is 26.8 Å². The number of halogens is 1. The quantitative estimate of drug-likeness (QED) is 0.567. The lowest BCUT2D eigenvalue weighted by atomic mass is 9.95. The highest BCUT2D eigenvalue weighted by molar-refractivity contribution is 9.10. The lowest BCUT2D eigenvalue weighted by molar-refractivity contribution is -0.130. The number of carbonyl (C=O) groups excluding carboxylic acids is 2. The second-order valence-corrected chi connectivity index (χ2v) is 8.18. The summed E-state index contributed by atoms with van der Waals surface area (Å²) < 4.78 is 0.888. The zero-order valence-corrected chi connectivity index (χ0v) is 17.0. The summed E-state index contributed by atoms with van der Waals surface area (Å²) in [6, 6.07) is 13.8. The number of benzene rings is 1. The Morgan fingerprint density at radius 3 is 2.61 bits per heavy atom. The smallest absolute Gasteiger partial charge is 0.290 e. The third kappa shape index (κ3) is 3.39. The number of pyridine rings is 1. The molecule has 7 heteroatoms. The molecule has 0 spiro atoms. The molecule has 1 aliphatic heterocycles. The van der Waals surface area contributed by atoms with Gasteiger partial charge in [0.1, 0.15) is 0 Å². The molecular formula is C21H15BrN2O3S. The molecule has 28 heavy (non-hydrogen) atoms. The van der Waals surface area contributed by atoms with Gasteiger partial charge in [-0.25, -0.2) is 0 Å². The molecule has 4 rings (SSSR count). The van der Waals surface area contributed by atoms with Crippen LogP contribution in [-0.4, -0.2) is 26.7 Å². The third-order valence-corrected chi connectivity index (χ3v) is 5.95. The molecule has 2 aromatic heterocycles. The number of hydrogen-bond donors (Lipinski definition) is 1. The fraction of sp³-hybridized carbons (Fsp3) is 0.0952. The molecule has 1 aliphatic rings. The number of rotatable bonds is 5. The van der Waals surface area contributed by atoms with Crippen LogP contribution in [0.5, 0.6) is 0 Å². The van der Waals surface area contributed by atoms with Gasteiger partial charge in [0, 0.05) is 23.4 Å². The van der Waals surface area contributed by atoms with E-state index in [0.717, 1.165) is 15.6 Å². The summed E-state index contributed by atoms with van der Waals surface area (Å²) >= 11 is 4.69. The average molecular weight is 455 g/mol. The number of carbonyl (C=O) groups is 2. The second-order valence-electron chi connectivity index (χ2n) is 6.32. The minimum atomic E-state index is -0.671. The van der Waals surface area contributed by atoms with Crippen LogP contribution in [0.25, 0.3) is 0 Å². The van der Waals surface area contributed by atoms with Gasteiger partial charge in [-0.3, -0.25) is 14.6 Å². The number of nitrogens with zero attached hydrogens (tertiary/aromatic N) is 2. The number of Topliss-reactive ketones (excluding diaryl/α,β-unsaturated/α-hetero) is 1. The molecule has 0 saturated heterocycles. The fourth-order valence-electron chi connectivity index (χ4n) is 3.27. The highest BCUT2D eigenvalue weighted by Crippen LogP contribution is 2.40. The summed E-state index contributed by atoms with van der Waals surface area (Å²) in [5, 5.41) is 12.4. The SMILES string of the molecule is O=C(C1=C(O)C(=O)N(Cc2cccnc2)C1c1ccc(Br)cc1)c1cccs1. The van der Waals surface area contributed by atoms with Crippen LogP contribution in [-0.2, 0) is 11.3 Å². The van der Waals surface area contributed by atoms with Gasteiger partial charge >= 0.3 is 0 Å². The van der Waals surface area contributed by atoms with E-state index in [-0.39, 0.29) is 17.9 Å². The summed E-state index contributed by atoms with van der Waals surface area (Å²) in [6.07, 6.45) is 3.32. The molecule has 1 aromatic carbocycles. The van der Waals surface area contributed by atoms with E-state index in [2.05, 4.69) is 20.9 Å². The van der Waals surface area contributed by atoms with Crippen LogP contribution in [0.15, 0.2) is 82.1 Å². The Morgan fingerprint density at radius 2 is 1.96 bits per heavy atom. The Labute approximate surface area is 174 Å². The van der Waals surface area contributed by atoms with Gasteiger partial charge in [-0.2, -0.15) is 0 Å². The van der Waals surface area contributed by atoms with Gasteiger partial charge in [0.05, 0.1) is 16.5 Å². The van der Waals surface area contributed by atoms with Crippen LogP contribution in [0.4, 0.5) is 0 Å². The second kappa shape index (κ2) is 7.69. The number of hydrogen-bond acceptors (Lipinski definition) is 5. The van der Waals surface area contributed by atoms with Gasteiger partial charge in [0.2, 0.25) is 5.78 Å². The van der Waals surface area contributed by atoms with Crippen molar-refractivity contribution in [3.8, 4) is 0 Å².